The number of halogens is 1. The minimum atomic E-state index is 0.755. The summed E-state index contributed by atoms with van der Waals surface area (Å²) in [7, 11) is 0. The highest BCUT2D eigenvalue weighted by Crippen LogP contribution is 2.26. The number of nitrogens with one attached hydrogen (secondary N) is 1. The molecule has 0 aliphatic carbocycles. The first-order valence-corrected chi connectivity index (χ1v) is 7.64. The van der Waals surface area contributed by atoms with Crippen LogP contribution in [0.4, 0.5) is 17.5 Å². The number of anilines is 3. The Hall–Kier alpha value is -1.81. The zero-order valence-corrected chi connectivity index (χ0v) is 13.1. The van der Waals surface area contributed by atoms with Crippen molar-refractivity contribution in [1.82, 2.24) is 9.97 Å². The smallest absolute Gasteiger partial charge is 0.227 e. The van der Waals surface area contributed by atoms with E-state index < -0.39 is 0 Å². The largest absolute Gasteiger partial charge is 0.341 e. The number of hydrogen-bond acceptors (Lipinski definition) is 4. The molecule has 1 aliphatic heterocycles. The molecule has 0 spiro atoms. The molecular weight excluding hydrogens is 284 g/mol. The van der Waals surface area contributed by atoms with Crippen molar-refractivity contribution in [3.05, 3.63) is 40.5 Å². The summed E-state index contributed by atoms with van der Waals surface area (Å²) in [6, 6.07) is 7.80. The van der Waals surface area contributed by atoms with Crippen LogP contribution in [0.5, 0.6) is 0 Å². The maximum absolute atomic E-state index is 6.17. The van der Waals surface area contributed by atoms with Gasteiger partial charge in [-0.05, 0) is 44.4 Å². The van der Waals surface area contributed by atoms with Gasteiger partial charge in [-0.2, -0.15) is 4.98 Å². The number of hydrogen-bond donors (Lipinski definition) is 1. The second-order valence-electron chi connectivity index (χ2n) is 5.43. The zero-order valence-electron chi connectivity index (χ0n) is 12.4. The lowest BCUT2D eigenvalue weighted by molar-refractivity contribution is 0.891. The Morgan fingerprint density at radius 1 is 1.14 bits per heavy atom. The summed E-state index contributed by atoms with van der Waals surface area (Å²) in [4.78, 5) is 11.4. The third-order valence-electron chi connectivity index (χ3n) is 3.76. The van der Waals surface area contributed by atoms with Crippen molar-refractivity contribution < 1.29 is 0 Å². The molecule has 110 valence electrons. The highest BCUT2D eigenvalue weighted by molar-refractivity contribution is 6.31. The van der Waals surface area contributed by atoms with Gasteiger partial charge in [0, 0.05) is 35.6 Å². The molecular formula is C16H19ClN4. The summed E-state index contributed by atoms with van der Waals surface area (Å²) in [5.41, 5.74) is 2.97. The van der Waals surface area contributed by atoms with Crippen molar-refractivity contribution in [2.24, 2.45) is 0 Å². The summed E-state index contributed by atoms with van der Waals surface area (Å²) in [6.07, 6.45) is 2.43. The second kappa shape index (κ2) is 5.90. The van der Waals surface area contributed by atoms with E-state index in [4.69, 9.17) is 11.6 Å². The molecule has 0 unspecified atom stereocenters. The van der Waals surface area contributed by atoms with E-state index >= 15 is 0 Å². The van der Waals surface area contributed by atoms with Crippen LogP contribution in [-0.2, 0) is 0 Å². The predicted octanol–water partition coefficient (Wildman–Crippen LogP) is 4.09. The Morgan fingerprint density at radius 2 is 1.90 bits per heavy atom. The number of aryl methyl sites for hydroxylation is 1. The van der Waals surface area contributed by atoms with Crippen molar-refractivity contribution in [2.45, 2.75) is 26.7 Å². The van der Waals surface area contributed by atoms with Gasteiger partial charge in [-0.1, -0.05) is 17.7 Å². The summed E-state index contributed by atoms with van der Waals surface area (Å²) >= 11 is 6.17. The quantitative estimate of drug-likeness (QED) is 0.927. The molecule has 1 aromatic heterocycles. The molecule has 5 heteroatoms. The van der Waals surface area contributed by atoms with Gasteiger partial charge in [-0.25, -0.2) is 4.98 Å². The Bertz CT molecular complexity index is 651. The Labute approximate surface area is 130 Å². The lowest BCUT2D eigenvalue weighted by atomic mass is 10.2. The topological polar surface area (TPSA) is 41.1 Å². The molecule has 1 saturated heterocycles. The van der Waals surface area contributed by atoms with E-state index in [0.717, 1.165) is 46.8 Å². The molecule has 0 saturated carbocycles. The Kier molecular flexibility index (Phi) is 3.97. The average Bonchev–Trinajstić information content (AvgIpc) is 2.97. The number of rotatable bonds is 3. The number of nitrogens with zero attached hydrogens (tertiary/aromatic N) is 3. The van der Waals surface area contributed by atoms with Gasteiger partial charge < -0.3 is 10.2 Å². The fourth-order valence-electron chi connectivity index (χ4n) is 2.56. The summed E-state index contributed by atoms with van der Waals surface area (Å²) in [5, 5.41) is 4.11. The molecule has 21 heavy (non-hydrogen) atoms. The van der Waals surface area contributed by atoms with E-state index in [2.05, 4.69) is 20.2 Å². The number of benzene rings is 1. The lowest BCUT2D eigenvalue weighted by Gasteiger charge is -2.17. The van der Waals surface area contributed by atoms with Crippen LogP contribution in [0.3, 0.4) is 0 Å². The monoisotopic (exact) mass is 302 g/mol. The van der Waals surface area contributed by atoms with E-state index in [1.54, 1.807) is 0 Å². The van der Waals surface area contributed by atoms with Crippen molar-refractivity contribution in [3.63, 3.8) is 0 Å². The predicted molar refractivity (Wildman–Crippen MR) is 87.7 cm³/mol. The highest BCUT2D eigenvalue weighted by atomic mass is 35.5. The maximum atomic E-state index is 6.17. The van der Waals surface area contributed by atoms with E-state index in [-0.39, 0.29) is 0 Å². The molecule has 1 N–H and O–H groups in total. The van der Waals surface area contributed by atoms with Gasteiger partial charge in [-0.3, -0.25) is 0 Å². The Morgan fingerprint density at radius 3 is 2.67 bits per heavy atom. The molecule has 0 atom stereocenters. The highest BCUT2D eigenvalue weighted by Gasteiger charge is 2.16. The Balaban J connectivity index is 1.89. The van der Waals surface area contributed by atoms with Crippen LogP contribution in [0, 0.1) is 13.8 Å². The molecule has 0 amide bonds. The van der Waals surface area contributed by atoms with Crippen LogP contribution in [0.25, 0.3) is 0 Å². The van der Waals surface area contributed by atoms with Crippen LogP contribution >= 0.6 is 11.6 Å². The minimum absolute atomic E-state index is 0.755. The van der Waals surface area contributed by atoms with Gasteiger partial charge in [0.1, 0.15) is 5.82 Å². The van der Waals surface area contributed by atoms with Gasteiger partial charge in [-0.15, -0.1) is 0 Å². The van der Waals surface area contributed by atoms with Gasteiger partial charge in [0.2, 0.25) is 5.95 Å². The van der Waals surface area contributed by atoms with Crippen LogP contribution in [0.2, 0.25) is 5.02 Å². The molecule has 1 fully saturated rings. The van der Waals surface area contributed by atoms with Crippen molar-refractivity contribution >= 4 is 29.1 Å². The first-order chi connectivity index (χ1) is 10.1. The van der Waals surface area contributed by atoms with Gasteiger partial charge in [0.05, 0.1) is 0 Å². The molecule has 2 aromatic rings. The fraction of sp³-hybridized carbons (Fsp3) is 0.375. The van der Waals surface area contributed by atoms with Crippen molar-refractivity contribution in [3.8, 4) is 0 Å². The van der Waals surface area contributed by atoms with E-state index in [1.165, 1.54) is 12.8 Å². The first-order valence-electron chi connectivity index (χ1n) is 7.26. The van der Waals surface area contributed by atoms with E-state index in [0.29, 0.717) is 0 Å². The molecule has 4 nitrogen and oxygen atoms in total. The molecule has 0 radical (unpaired) electrons. The van der Waals surface area contributed by atoms with Crippen LogP contribution in [-0.4, -0.2) is 23.1 Å². The van der Waals surface area contributed by atoms with Crippen LogP contribution in [0.15, 0.2) is 24.3 Å². The van der Waals surface area contributed by atoms with Crippen LogP contribution in [0.1, 0.15) is 24.1 Å². The van der Waals surface area contributed by atoms with E-state index in [1.807, 2.05) is 38.1 Å². The molecule has 3 rings (SSSR count). The summed E-state index contributed by atoms with van der Waals surface area (Å²) < 4.78 is 0. The van der Waals surface area contributed by atoms with E-state index in [9.17, 15) is 0 Å². The van der Waals surface area contributed by atoms with Gasteiger partial charge >= 0.3 is 0 Å². The van der Waals surface area contributed by atoms with Gasteiger partial charge in [0.15, 0.2) is 0 Å². The summed E-state index contributed by atoms with van der Waals surface area (Å²) in [5.74, 6) is 1.63. The average molecular weight is 303 g/mol. The fourth-order valence-corrected chi connectivity index (χ4v) is 2.73. The van der Waals surface area contributed by atoms with Crippen LogP contribution < -0.4 is 10.2 Å². The molecule has 0 bridgehead atoms. The second-order valence-corrected chi connectivity index (χ2v) is 5.83. The molecule has 2 heterocycles. The SMILES string of the molecule is Cc1cc(Nc2cccc(Cl)c2C)nc(N2CCCC2)n1. The van der Waals surface area contributed by atoms with Crippen molar-refractivity contribution in [1.29, 1.82) is 0 Å². The number of aromatic nitrogens is 2. The third kappa shape index (κ3) is 3.10. The molecule has 1 aromatic carbocycles. The maximum Gasteiger partial charge on any atom is 0.227 e. The zero-order chi connectivity index (χ0) is 14.8. The normalized spacial score (nSPS) is 14.5. The third-order valence-corrected chi connectivity index (χ3v) is 4.17. The standard InChI is InChI=1S/C16H19ClN4/c1-11-10-15(19-14-7-5-6-13(17)12(14)2)20-16(18-11)21-8-3-4-9-21/h5-7,10H,3-4,8-9H2,1-2H3,(H,18,19,20). The van der Waals surface area contributed by atoms with Crippen molar-refractivity contribution in [2.75, 3.05) is 23.3 Å². The molecule has 1 aliphatic rings. The summed E-state index contributed by atoms with van der Waals surface area (Å²) in [6.45, 7) is 6.08. The van der Waals surface area contributed by atoms with Gasteiger partial charge in [0.25, 0.3) is 0 Å². The minimum Gasteiger partial charge on any atom is -0.341 e. The first kappa shape index (κ1) is 14.1. The lowest BCUT2D eigenvalue weighted by Crippen LogP contribution is -2.21.